The molecular weight excluding hydrogens is 634 g/mol. The molecule has 5 aromatic rings. The zero-order valence-corrected chi connectivity index (χ0v) is 28.7. The van der Waals surface area contributed by atoms with Crippen LogP contribution in [0.5, 0.6) is 5.88 Å². The molecule has 50 heavy (non-hydrogen) atoms. The Bertz CT molecular complexity index is 2030. The Labute approximate surface area is 290 Å². The number of methoxy groups -OCH3 is 1. The highest BCUT2D eigenvalue weighted by atomic mass is 16.5. The summed E-state index contributed by atoms with van der Waals surface area (Å²) in [6, 6.07) is 17.6. The van der Waals surface area contributed by atoms with E-state index in [1.807, 2.05) is 73.2 Å². The number of ether oxygens (including phenoxy) is 2. The third-order valence-electron chi connectivity index (χ3n) is 9.34. The number of aromatic nitrogens is 6. The van der Waals surface area contributed by atoms with Gasteiger partial charge in [-0.15, -0.1) is 0 Å². The Balaban J connectivity index is 0.955. The molecule has 0 spiro atoms. The normalized spacial score (nSPS) is 18.1. The molecular formula is C37H41N9O4. The molecule has 258 valence electrons. The molecule has 0 radical (unpaired) electrons. The minimum absolute atomic E-state index is 0.0294. The van der Waals surface area contributed by atoms with E-state index in [1.165, 1.54) is 5.57 Å². The van der Waals surface area contributed by atoms with Gasteiger partial charge in [0.25, 0.3) is 5.91 Å². The maximum Gasteiger partial charge on any atom is 0.258 e. The van der Waals surface area contributed by atoms with Gasteiger partial charge in [-0.3, -0.25) is 24.3 Å². The largest absolute Gasteiger partial charge is 0.475 e. The summed E-state index contributed by atoms with van der Waals surface area (Å²) in [6.45, 7) is 6.23. The van der Waals surface area contributed by atoms with Crippen molar-refractivity contribution in [3.63, 3.8) is 0 Å². The quantitative estimate of drug-likeness (QED) is 0.218. The van der Waals surface area contributed by atoms with E-state index < -0.39 is 5.60 Å². The molecule has 0 saturated carbocycles. The zero-order valence-electron chi connectivity index (χ0n) is 28.7. The lowest BCUT2D eigenvalue weighted by atomic mass is 9.98. The summed E-state index contributed by atoms with van der Waals surface area (Å²) in [7, 11) is 3.40. The Kier molecular flexibility index (Phi) is 9.17. The molecule has 1 saturated heterocycles. The van der Waals surface area contributed by atoms with Crippen LogP contribution in [0.3, 0.4) is 0 Å². The SMILES string of the molecule is CO[C@@]1(C(=O)Nc2ccc3[nH]nc(-c4ccc(OC(C)C)nc4)c3c2)CCN(CC(=O)N2CC=C(c3ccc(-c4ncn(C)n4)cc3)CC2)C1. The first-order valence-corrected chi connectivity index (χ1v) is 16.8. The Hall–Kier alpha value is -5.40. The van der Waals surface area contributed by atoms with Crippen LogP contribution in [0, 0.1) is 0 Å². The standard InChI is InChI=1S/C37H41N9O4/c1-24(2)50-32-12-9-28(20-38-32)34-30-19-29(10-11-31(30)41-42-34)40-36(48)37(49-4)15-18-45(22-37)21-33(47)46-16-13-26(14-17-46)25-5-7-27(8-6-25)35-39-23-44(3)43-35/h5-13,19-20,23-24H,14-18,21-22H2,1-4H3,(H,40,48)(H,41,42)/t37-/m0/s1. The maximum absolute atomic E-state index is 13.7. The number of carbonyl (C=O) groups excluding carboxylic acids is 2. The van der Waals surface area contributed by atoms with E-state index in [0.717, 1.165) is 39.7 Å². The first kappa shape index (κ1) is 33.1. The van der Waals surface area contributed by atoms with Gasteiger partial charge >= 0.3 is 0 Å². The van der Waals surface area contributed by atoms with Gasteiger partial charge in [0.05, 0.1) is 18.2 Å². The third-order valence-corrected chi connectivity index (χ3v) is 9.34. The number of benzene rings is 2. The van der Waals surface area contributed by atoms with Gasteiger partial charge in [0.1, 0.15) is 12.0 Å². The molecule has 1 atom stereocenters. The fourth-order valence-corrected chi connectivity index (χ4v) is 6.58. The molecule has 2 aromatic carbocycles. The summed E-state index contributed by atoms with van der Waals surface area (Å²) in [6.07, 6.45) is 6.82. The van der Waals surface area contributed by atoms with Crippen molar-refractivity contribution in [2.24, 2.45) is 7.05 Å². The molecule has 2 aliphatic heterocycles. The summed E-state index contributed by atoms with van der Waals surface area (Å²) >= 11 is 0. The van der Waals surface area contributed by atoms with Crippen molar-refractivity contribution in [3.05, 3.63) is 78.8 Å². The van der Waals surface area contributed by atoms with E-state index in [1.54, 1.807) is 24.3 Å². The summed E-state index contributed by atoms with van der Waals surface area (Å²) in [5, 5.41) is 15.8. The number of aromatic amines is 1. The van der Waals surface area contributed by atoms with Gasteiger partial charge in [-0.2, -0.15) is 10.2 Å². The van der Waals surface area contributed by atoms with Crippen LogP contribution in [0.2, 0.25) is 0 Å². The van der Waals surface area contributed by atoms with Crippen molar-refractivity contribution in [1.82, 2.24) is 39.7 Å². The number of rotatable bonds is 10. The number of hydrogen-bond acceptors (Lipinski definition) is 9. The lowest BCUT2D eigenvalue weighted by Crippen LogP contribution is -2.48. The van der Waals surface area contributed by atoms with E-state index >= 15 is 0 Å². The van der Waals surface area contributed by atoms with Crippen LogP contribution in [0.15, 0.2) is 73.2 Å². The summed E-state index contributed by atoms with van der Waals surface area (Å²) in [4.78, 5) is 39.7. The highest BCUT2D eigenvalue weighted by molar-refractivity contribution is 6.01. The van der Waals surface area contributed by atoms with Gasteiger partial charge in [0.2, 0.25) is 11.8 Å². The van der Waals surface area contributed by atoms with Crippen LogP contribution in [-0.2, 0) is 21.4 Å². The van der Waals surface area contributed by atoms with Crippen molar-refractivity contribution < 1.29 is 19.1 Å². The predicted molar refractivity (Wildman–Crippen MR) is 190 cm³/mol. The first-order valence-electron chi connectivity index (χ1n) is 16.8. The minimum atomic E-state index is -1.07. The molecule has 3 aromatic heterocycles. The van der Waals surface area contributed by atoms with Crippen LogP contribution in [0.1, 0.15) is 32.3 Å². The second kappa shape index (κ2) is 13.8. The number of nitrogens with zero attached hydrogens (tertiary/aromatic N) is 7. The number of H-pyrrole nitrogens is 1. The van der Waals surface area contributed by atoms with E-state index in [4.69, 9.17) is 9.47 Å². The van der Waals surface area contributed by atoms with Crippen LogP contribution in [0.4, 0.5) is 5.69 Å². The fraction of sp³-hybridized carbons (Fsp3) is 0.351. The van der Waals surface area contributed by atoms with Crippen LogP contribution in [0.25, 0.3) is 39.1 Å². The highest BCUT2D eigenvalue weighted by Crippen LogP contribution is 2.32. The van der Waals surface area contributed by atoms with E-state index in [0.29, 0.717) is 50.0 Å². The smallest absolute Gasteiger partial charge is 0.258 e. The number of carbonyl (C=O) groups is 2. The molecule has 13 heteroatoms. The van der Waals surface area contributed by atoms with Gasteiger partial charge in [-0.1, -0.05) is 30.3 Å². The Morgan fingerprint density at radius 2 is 1.82 bits per heavy atom. The Morgan fingerprint density at radius 3 is 2.50 bits per heavy atom. The summed E-state index contributed by atoms with van der Waals surface area (Å²) in [5.41, 5.74) is 5.27. The Morgan fingerprint density at radius 1 is 1.02 bits per heavy atom. The number of anilines is 1. The topological polar surface area (TPSA) is 143 Å². The number of pyridine rings is 1. The number of nitrogens with one attached hydrogen (secondary N) is 2. The number of fused-ring (bicyclic) bond motifs is 1. The second-order valence-corrected chi connectivity index (χ2v) is 13.1. The van der Waals surface area contributed by atoms with Gasteiger partial charge in [0, 0.05) is 74.8 Å². The molecule has 13 nitrogen and oxygen atoms in total. The molecule has 2 N–H and O–H groups in total. The average molecular weight is 676 g/mol. The molecule has 1 fully saturated rings. The van der Waals surface area contributed by atoms with Crippen molar-refractivity contribution in [2.75, 3.05) is 45.2 Å². The molecule has 0 aliphatic carbocycles. The zero-order chi connectivity index (χ0) is 34.8. The van der Waals surface area contributed by atoms with E-state index in [2.05, 4.69) is 48.8 Å². The van der Waals surface area contributed by atoms with Crippen LogP contribution >= 0.6 is 0 Å². The number of amides is 2. The van der Waals surface area contributed by atoms with Crippen LogP contribution < -0.4 is 10.1 Å². The summed E-state index contributed by atoms with van der Waals surface area (Å²) < 4.78 is 13.2. The number of hydrogen-bond donors (Lipinski definition) is 2. The second-order valence-electron chi connectivity index (χ2n) is 13.1. The fourth-order valence-electron chi connectivity index (χ4n) is 6.58. The number of likely N-dealkylation sites (tertiary alicyclic amines) is 1. The average Bonchev–Trinajstić information content (AvgIpc) is 3.87. The summed E-state index contributed by atoms with van der Waals surface area (Å²) in [5.74, 6) is 1.05. The van der Waals surface area contributed by atoms with E-state index in [-0.39, 0.29) is 24.5 Å². The molecule has 7 rings (SSSR count). The maximum atomic E-state index is 13.7. The minimum Gasteiger partial charge on any atom is -0.475 e. The van der Waals surface area contributed by atoms with Gasteiger partial charge in [-0.25, -0.2) is 9.97 Å². The van der Waals surface area contributed by atoms with Gasteiger partial charge in [-0.05, 0) is 62.1 Å². The lowest BCUT2D eigenvalue weighted by Gasteiger charge is -2.30. The van der Waals surface area contributed by atoms with Crippen LogP contribution in [-0.4, -0.2) is 103 Å². The third kappa shape index (κ3) is 6.87. The molecule has 0 unspecified atom stereocenters. The monoisotopic (exact) mass is 675 g/mol. The van der Waals surface area contributed by atoms with Crippen molar-refractivity contribution in [3.8, 4) is 28.5 Å². The van der Waals surface area contributed by atoms with Crippen molar-refractivity contribution in [1.29, 1.82) is 0 Å². The van der Waals surface area contributed by atoms with E-state index in [9.17, 15) is 9.59 Å². The lowest BCUT2D eigenvalue weighted by molar-refractivity contribution is -0.138. The van der Waals surface area contributed by atoms with Gasteiger partial charge < -0.3 is 19.7 Å². The number of aryl methyl sites for hydroxylation is 1. The predicted octanol–water partition coefficient (Wildman–Crippen LogP) is 4.55. The first-order chi connectivity index (χ1) is 24.2. The molecule has 0 bridgehead atoms. The highest BCUT2D eigenvalue weighted by Gasteiger charge is 2.45. The molecule has 5 heterocycles. The van der Waals surface area contributed by atoms with Gasteiger partial charge in [0.15, 0.2) is 11.4 Å². The van der Waals surface area contributed by atoms with Crippen molar-refractivity contribution >= 4 is 34.0 Å². The molecule has 2 amide bonds. The molecule has 2 aliphatic rings. The van der Waals surface area contributed by atoms with Crippen molar-refractivity contribution in [2.45, 2.75) is 38.4 Å².